The van der Waals surface area contributed by atoms with E-state index in [1.54, 1.807) is 11.9 Å². The van der Waals surface area contributed by atoms with Crippen molar-refractivity contribution in [2.45, 2.75) is 19.9 Å². The Hall–Kier alpha value is -1.62. The molecule has 1 aromatic heterocycles. The smallest absolute Gasteiger partial charge is 0.265 e. The standard InChI is InChI=1S/C14H17N3OS/c1-8(2)12-7-19-16-10-5-3-4-9-6-11(14(15)18)17(12)13(9)10/h3-6,8,12,16H,7H2,1-2H3,(H2,15,18). The first kappa shape index (κ1) is 12.4. The summed E-state index contributed by atoms with van der Waals surface area (Å²) in [6, 6.07) is 8.22. The largest absolute Gasteiger partial charge is 0.364 e. The molecule has 19 heavy (non-hydrogen) atoms. The molecular weight excluding hydrogens is 258 g/mol. The summed E-state index contributed by atoms with van der Waals surface area (Å²) in [5, 5.41) is 1.06. The van der Waals surface area contributed by atoms with E-state index in [9.17, 15) is 4.79 Å². The zero-order valence-corrected chi connectivity index (χ0v) is 11.8. The summed E-state index contributed by atoms with van der Waals surface area (Å²) in [7, 11) is 0. The van der Waals surface area contributed by atoms with Gasteiger partial charge in [0.25, 0.3) is 5.91 Å². The van der Waals surface area contributed by atoms with Gasteiger partial charge in [-0.3, -0.25) is 4.79 Å². The van der Waals surface area contributed by atoms with Gasteiger partial charge in [0.15, 0.2) is 0 Å². The molecule has 4 nitrogen and oxygen atoms in total. The van der Waals surface area contributed by atoms with E-state index < -0.39 is 0 Å². The molecule has 0 bridgehead atoms. The van der Waals surface area contributed by atoms with E-state index in [0.29, 0.717) is 11.6 Å². The monoisotopic (exact) mass is 275 g/mol. The molecule has 3 rings (SSSR count). The molecule has 1 aromatic carbocycles. The average Bonchev–Trinajstić information content (AvgIpc) is 2.62. The van der Waals surface area contributed by atoms with Crippen LogP contribution in [0.3, 0.4) is 0 Å². The lowest BCUT2D eigenvalue weighted by Gasteiger charge is -2.23. The van der Waals surface area contributed by atoms with E-state index in [4.69, 9.17) is 5.73 Å². The van der Waals surface area contributed by atoms with Gasteiger partial charge in [-0.1, -0.05) is 37.9 Å². The van der Waals surface area contributed by atoms with Crippen LogP contribution >= 0.6 is 11.9 Å². The van der Waals surface area contributed by atoms with Crippen LogP contribution in [0, 0.1) is 5.92 Å². The zero-order chi connectivity index (χ0) is 13.6. The van der Waals surface area contributed by atoms with Crippen LogP contribution in [0.25, 0.3) is 10.9 Å². The number of nitrogens with zero attached hydrogens (tertiary/aromatic N) is 1. The van der Waals surface area contributed by atoms with Gasteiger partial charge in [-0.2, -0.15) is 0 Å². The number of amides is 1. The molecule has 1 atom stereocenters. The molecule has 1 amide bonds. The molecule has 1 aliphatic heterocycles. The van der Waals surface area contributed by atoms with Crippen LogP contribution in [0.5, 0.6) is 0 Å². The maximum Gasteiger partial charge on any atom is 0.265 e. The molecule has 0 saturated heterocycles. The number of primary amides is 1. The van der Waals surface area contributed by atoms with Gasteiger partial charge in [0.05, 0.1) is 11.2 Å². The first-order valence-corrected chi connectivity index (χ1v) is 7.39. The number of para-hydroxylation sites is 1. The Labute approximate surface area is 116 Å². The zero-order valence-electron chi connectivity index (χ0n) is 11.0. The number of aromatic nitrogens is 1. The molecule has 3 N–H and O–H groups in total. The van der Waals surface area contributed by atoms with Gasteiger partial charge in [-0.05, 0) is 18.1 Å². The molecule has 100 valence electrons. The van der Waals surface area contributed by atoms with Crippen LogP contribution < -0.4 is 10.5 Å². The lowest BCUT2D eigenvalue weighted by molar-refractivity contribution is 0.0989. The third kappa shape index (κ3) is 1.89. The first-order valence-electron chi connectivity index (χ1n) is 6.41. The Balaban J connectivity index is 2.36. The van der Waals surface area contributed by atoms with Crippen molar-refractivity contribution in [1.29, 1.82) is 0 Å². The van der Waals surface area contributed by atoms with Crippen LogP contribution in [0.2, 0.25) is 0 Å². The number of nitrogens with one attached hydrogen (secondary N) is 1. The minimum absolute atomic E-state index is 0.265. The van der Waals surface area contributed by atoms with Gasteiger partial charge in [0.2, 0.25) is 0 Å². The molecule has 1 unspecified atom stereocenters. The third-order valence-electron chi connectivity index (χ3n) is 3.65. The molecule has 1 aliphatic rings. The second-order valence-corrected chi connectivity index (χ2v) is 6.06. The van der Waals surface area contributed by atoms with Gasteiger partial charge in [0, 0.05) is 17.2 Å². The highest BCUT2D eigenvalue weighted by Crippen LogP contribution is 2.38. The quantitative estimate of drug-likeness (QED) is 0.828. The number of rotatable bonds is 2. The summed E-state index contributed by atoms with van der Waals surface area (Å²) in [6.45, 7) is 4.35. The molecule has 0 spiro atoms. The van der Waals surface area contributed by atoms with Crippen molar-refractivity contribution in [3.05, 3.63) is 30.0 Å². The van der Waals surface area contributed by atoms with E-state index in [-0.39, 0.29) is 11.9 Å². The molecule has 2 heterocycles. The van der Waals surface area contributed by atoms with E-state index in [0.717, 1.165) is 22.3 Å². The SMILES string of the molecule is CC(C)C1CSNc2cccc3cc(C(N)=O)n1c23. The summed E-state index contributed by atoms with van der Waals surface area (Å²) < 4.78 is 5.49. The lowest BCUT2D eigenvalue weighted by Crippen LogP contribution is -2.24. The summed E-state index contributed by atoms with van der Waals surface area (Å²) >= 11 is 1.68. The van der Waals surface area contributed by atoms with Crippen LogP contribution in [-0.4, -0.2) is 16.2 Å². The lowest BCUT2D eigenvalue weighted by atomic mass is 10.1. The van der Waals surface area contributed by atoms with Crippen molar-refractivity contribution >= 4 is 34.4 Å². The Morgan fingerprint density at radius 2 is 2.32 bits per heavy atom. The highest BCUT2D eigenvalue weighted by Gasteiger charge is 2.26. The second-order valence-electron chi connectivity index (χ2n) is 5.23. The van der Waals surface area contributed by atoms with Crippen LogP contribution in [-0.2, 0) is 0 Å². The molecule has 0 aliphatic carbocycles. The van der Waals surface area contributed by atoms with Gasteiger partial charge in [0.1, 0.15) is 5.69 Å². The highest BCUT2D eigenvalue weighted by atomic mass is 32.2. The number of nitrogens with two attached hydrogens (primary N) is 1. The summed E-state index contributed by atoms with van der Waals surface area (Å²) in [5.41, 5.74) is 8.29. The first-order chi connectivity index (χ1) is 9.09. The normalized spacial score (nSPS) is 18.4. The summed E-state index contributed by atoms with van der Waals surface area (Å²) in [5.74, 6) is 0.991. The third-order valence-corrected chi connectivity index (χ3v) is 4.52. The minimum atomic E-state index is -0.361. The average molecular weight is 275 g/mol. The summed E-state index contributed by atoms with van der Waals surface area (Å²) in [6.07, 6.45) is 0. The topological polar surface area (TPSA) is 60.0 Å². The van der Waals surface area contributed by atoms with Crippen molar-refractivity contribution in [2.75, 3.05) is 10.5 Å². The summed E-state index contributed by atoms with van der Waals surface area (Å²) in [4.78, 5) is 11.7. The van der Waals surface area contributed by atoms with Crippen LogP contribution in [0.15, 0.2) is 24.3 Å². The predicted molar refractivity (Wildman–Crippen MR) is 80.4 cm³/mol. The fraction of sp³-hybridized carbons (Fsp3) is 0.357. The van der Waals surface area contributed by atoms with Gasteiger partial charge >= 0.3 is 0 Å². The maximum absolute atomic E-state index is 11.7. The van der Waals surface area contributed by atoms with Crippen LogP contribution in [0.4, 0.5) is 5.69 Å². The van der Waals surface area contributed by atoms with Crippen molar-refractivity contribution in [2.24, 2.45) is 11.7 Å². The van der Waals surface area contributed by atoms with Crippen molar-refractivity contribution in [3.8, 4) is 0 Å². The van der Waals surface area contributed by atoms with Crippen molar-refractivity contribution in [3.63, 3.8) is 0 Å². The predicted octanol–water partition coefficient (Wildman–Crippen LogP) is 3.01. The Morgan fingerprint density at radius 3 is 3.00 bits per heavy atom. The number of carbonyl (C=O) groups is 1. The van der Waals surface area contributed by atoms with Gasteiger partial charge < -0.3 is 15.0 Å². The molecular formula is C14H17N3OS. The van der Waals surface area contributed by atoms with E-state index in [2.05, 4.69) is 23.1 Å². The molecule has 0 saturated carbocycles. The molecule has 5 heteroatoms. The number of hydrogen-bond donors (Lipinski definition) is 2. The number of benzene rings is 1. The fourth-order valence-corrected chi connectivity index (χ4v) is 3.78. The van der Waals surface area contributed by atoms with Gasteiger partial charge in [-0.25, -0.2) is 0 Å². The van der Waals surface area contributed by atoms with E-state index in [1.807, 2.05) is 24.3 Å². The second kappa shape index (κ2) is 4.49. The Morgan fingerprint density at radius 1 is 1.53 bits per heavy atom. The number of anilines is 1. The van der Waals surface area contributed by atoms with Crippen LogP contribution in [0.1, 0.15) is 30.4 Å². The van der Waals surface area contributed by atoms with Gasteiger partial charge in [-0.15, -0.1) is 0 Å². The van der Waals surface area contributed by atoms with E-state index in [1.165, 1.54) is 0 Å². The fourth-order valence-electron chi connectivity index (χ4n) is 2.67. The Kier molecular flexibility index (Phi) is 2.93. The van der Waals surface area contributed by atoms with Crippen molar-refractivity contribution in [1.82, 2.24) is 4.57 Å². The highest BCUT2D eigenvalue weighted by molar-refractivity contribution is 8.00. The molecule has 0 radical (unpaired) electrons. The maximum atomic E-state index is 11.7. The molecule has 2 aromatic rings. The number of hydrogen-bond acceptors (Lipinski definition) is 3. The van der Waals surface area contributed by atoms with Crippen molar-refractivity contribution < 1.29 is 4.79 Å². The van der Waals surface area contributed by atoms with E-state index >= 15 is 0 Å². The Bertz CT molecular complexity index is 647. The number of carbonyl (C=O) groups excluding carboxylic acids is 1. The molecule has 0 fully saturated rings. The minimum Gasteiger partial charge on any atom is -0.364 e.